The van der Waals surface area contributed by atoms with Gasteiger partial charge in [0.1, 0.15) is 11.7 Å². The second-order valence-electron chi connectivity index (χ2n) is 6.98. The van der Waals surface area contributed by atoms with Crippen LogP contribution in [0.25, 0.3) is 0 Å². The third kappa shape index (κ3) is 3.38. The predicted molar refractivity (Wildman–Crippen MR) is 96.7 cm³/mol. The number of likely N-dealkylation sites (tertiary alicyclic amines) is 1. The molecule has 0 saturated carbocycles. The molecule has 26 heavy (non-hydrogen) atoms. The Kier molecular flexibility index (Phi) is 4.89. The first-order valence-corrected chi connectivity index (χ1v) is 9.03. The van der Waals surface area contributed by atoms with E-state index >= 15 is 0 Å². The number of benzene rings is 1. The van der Waals surface area contributed by atoms with Crippen molar-refractivity contribution >= 4 is 23.5 Å². The largest absolute Gasteiger partial charge is 0.464 e. The number of nitrogens with one attached hydrogen (secondary N) is 2. The fourth-order valence-electron chi connectivity index (χ4n) is 3.61. The van der Waals surface area contributed by atoms with E-state index in [1.165, 1.54) is 0 Å². The van der Waals surface area contributed by atoms with E-state index in [9.17, 15) is 14.4 Å². The second-order valence-corrected chi connectivity index (χ2v) is 6.98. The highest BCUT2D eigenvalue weighted by Gasteiger charge is 2.42. The fraction of sp³-hybridized carbons (Fsp3) is 0.526. The lowest BCUT2D eigenvalue weighted by Gasteiger charge is -2.40. The molecule has 2 amide bonds. The summed E-state index contributed by atoms with van der Waals surface area (Å²) in [7, 11) is 0. The van der Waals surface area contributed by atoms with Gasteiger partial charge in [-0.15, -0.1) is 0 Å². The molecule has 0 radical (unpaired) electrons. The van der Waals surface area contributed by atoms with Crippen LogP contribution >= 0.6 is 0 Å². The molecular weight excluding hydrogens is 334 g/mol. The van der Waals surface area contributed by atoms with Gasteiger partial charge in [-0.05, 0) is 44.9 Å². The van der Waals surface area contributed by atoms with Crippen LogP contribution < -0.4 is 10.6 Å². The summed E-state index contributed by atoms with van der Waals surface area (Å²) < 4.78 is 5.04. The minimum absolute atomic E-state index is 0.103. The number of hydrogen-bond donors (Lipinski definition) is 2. The molecule has 2 aliphatic heterocycles. The first kappa shape index (κ1) is 18.2. The van der Waals surface area contributed by atoms with Crippen molar-refractivity contribution in [3.8, 4) is 0 Å². The number of aryl methyl sites for hydroxylation is 1. The van der Waals surface area contributed by atoms with Crippen molar-refractivity contribution in [3.63, 3.8) is 0 Å². The van der Waals surface area contributed by atoms with Gasteiger partial charge in [0.25, 0.3) is 5.91 Å². The van der Waals surface area contributed by atoms with Gasteiger partial charge in [-0.25, -0.2) is 4.79 Å². The van der Waals surface area contributed by atoms with Gasteiger partial charge < -0.3 is 20.3 Å². The van der Waals surface area contributed by atoms with Crippen LogP contribution in [0.4, 0.5) is 5.69 Å². The molecular formula is C19H25N3O4. The van der Waals surface area contributed by atoms with Gasteiger partial charge in [-0.1, -0.05) is 6.07 Å². The number of amides is 2. The molecule has 0 aliphatic carbocycles. The molecule has 1 fully saturated rings. The predicted octanol–water partition coefficient (Wildman–Crippen LogP) is 1.81. The Morgan fingerprint density at radius 3 is 2.81 bits per heavy atom. The van der Waals surface area contributed by atoms with Gasteiger partial charge in [0.15, 0.2) is 0 Å². The normalized spacial score (nSPS) is 23.6. The molecule has 3 rings (SSSR count). The Bertz CT molecular complexity index is 748. The fourth-order valence-corrected chi connectivity index (χ4v) is 3.61. The average molecular weight is 359 g/mol. The first-order valence-electron chi connectivity index (χ1n) is 9.03. The molecule has 2 atom stereocenters. The molecule has 7 nitrogen and oxygen atoms in total. The summed E-state index contributed by atoms with van der Waals surface area (Å²) in [6, 6.07) is 5.02. The van der Waals surface area contributed by atoms with Gasteiger partial charge in [0, 0.05) is 25.1 Å². The molecule has 7 heteroatoms. The summed E-state index contributed by atoms with van der Waals surface area (Å²) in [5.41, 5.74) is 1.77. The molecule has 2 N–H and O–H groups in total. The molecule has 0 bridgehead atoms. The minimum atomic E-state index is -0.684. The molecule has 1 aromatic rings. The van der Waals surface area contributed by atoms with Gasteiger partial charge >= 0.3 is 5.97 Å². The van der Waals surface area contributed by atoms with Gasteiger partial charge in [-0.3, -0.25) is 9.59 Å². The van der Waals surface area contributed by atoms with Crippen LogP contribution in [0.5, 0.6) is 0 Å². The van der Waals surface area contributed by atoms with E-state index in [1.807, 2.05) is 19.1 Å². The molecule has 2 heterocycles. The van der Waals surface area contributed by atoms with Crippen LogP contribution in [0.15, 0.2) is 18.2 Å². The number of nitrogens with zero attached hydrogens (tertiary/aromatic N) is 1. The number of hydrogen-bond acceptors (Lipinski definition) is 5. The van der Waals surface area contributed by atoms with Crippen LogP contribution in [-0.2, 0) is 14.3 Å². The quantitative estimate of drug-likeness (QED) is 0.804. The third-order valence-corrected chi connectivity index (χ3v) is 5.11. The van der Waals surface area contributed by atoms with Crippen molar-refractivity contribution in [1.29, 1.82) is 0 Å². The maximum absolute atomic E-state index is 12.5. The second kappa shape index (κ2) is 6.97. The monoisotopic (exact) mass is 359 g/mol. The molecule has 0 unspecified atom stereocenters. The van der Waals surface area contributed by atoms with Crippen molar-refractivity contribution in [2.45, 2.75) is 51.7 Å². The topological polar surface area (TPSA) is 87.7 Å². The Labute approximate surface area is 153 Å². The van der Waals surface area contributed by atoms with Crippen molar-refractivity contribution in [2.24, 2.45) is 0 Å². The molecule has 1 saturated heterocycles. The number of fused-ring (bicyclic) bond motifs is 1. The number of anilines is 1. The smallest absolute Gasteiger partial charge is 0.328 e. The zero-order valence-corrected chi connectivity index (χ0v) is 15.4. The zero-order valence-electron chi connectivity index (χ0n) is 15.4. The zero-order chi connectivity index (χ0) is 18.9. The SMILES string of the molecule is CCOC(=O)[C@H](C)N1CC[C@]2(CCC1=O)NC(=O)c1ccc(C)cc1N2. The molecule has 0 aromatic heterocycles. The molecule has 1 spiro atoms. The van der Waals surface area contributed by atoms with Crippen LogP contribution in [0.2, 0.25) is 0 Å². The summed E-state index contributed by atoms with van der Waals surface area (Å²) in [6.45, 7) is 6.04. The van der Waals surface area contributed by atoms with Crippen LogP contribution in [0.3, 0.4) is 0 Å². The number of ether oxygens (including phenoxy) is 1. The van der Waals surface area contributed by atoms with Gasteiger partial charge in [0.2, 0.25) is 5.91 Å². The average Bonchev–Trinajstić information content (AvgIpc) is 2.74. The molecule has 2 aliphatic rings. The summed E-state index contributed by atoms with van der Waals surface area (Å²) in [5, 5.41) is 6.47. The van der Waals surface area contributed by atoms with Gasteiger partial charge in [0.05, 0.1) is 12.2 Å². The summed E-state index contributed by atoms with van der Waals surface area (Å²) in [4.78, 5) is 38.7. The minimum Gasteiger partial charge on any atom is -0.464 e. The van der Waals surface area contributed by atoms with E-state index in [2.05, 4.69) is 10.6 Å². The standard InChI is InChI=1S/C19H25N3O4/c1-4-26-18(25)13(3)22-10-9-19(8-7-16(22)23)20-15-11-12(2)5-6-14(15)17(24)21-19/h5-6,11,13,20H,4,7-10H2,1-3H3,(H,21,24)/t13-,19-/m0/s1. The lowest BCUT2D eigenvalue weighted by molar-refractivity contribution is -0.153. The number of esters is 1. The highest BCUT2D eigenvalue weighted by Crippen LogP contribution is 2.32. The highest BCUT2D eigenvalue weighted by molar-refractivity contribution is 6.02. The Morgan fingerprint density at radius 2 is 2.08 bits per heavy atom. The van der Waals surface area contributed by atoms with Gasteiger partial charge in [-0.2, -0.15) is 0 Å². The highest BCUT2D eigenvalue weighted by atomic mass is 16.5. The summed E-state index contributed by atoms with van der Waals surface area (Å²) in [5.74, 6) is -0.648. The van der Waals surface area contributed by atoms with Crippen molar-refractivity contribution in [2.75, 3.05) is 18.5 Å². The van der Waals surface area contributed by atoms with Crippen LogP contribution in [0, 0.1) is 6.92 Å². The number of carbonyl (C=O) groups excluding carboxylic acids is 3. The summed E-state index contributed by atoms with van der Waals surface area (Å²) in [6.07, 6.45) is 1.23. The Balaban J connectivity index is 1.80. The molecule has 140 valence electrons. The lowest BCUT2D eigenvalue weighted by atomic mass is 9.94. The number of rotatable bonds is 3. The maximum Gasteiger partial charge on any atom is 0.328 e. The van der Waals surface area contributed by atoms with Crippen molar-refractivity contribution < 1.29 is 19.1 Å². The van der Waals surface area contributed by atoms with E-state index in [0.717, 1.165) is 11.3 Å². The van der Waals surface area contributed by atoms with Crippen molar-refractivity contribution in [3.05, 3.63) is 29.3 Å². The number of carbonyl (C=O) groups is 3. The van der Waals surface area contributed by atoms with E-state index in [4.69, 9.17) is 4.74 Å². The Hall–Kier alpha value is -2.57. The first-order chi connectivity index (χ1) is 12.3. The van der Waals surface area contributed by atoms with Crippen LogP contribution in [0.1, 0.15) is 49.0 Å². The van der Waals surface area contributed by atoms with E-state index in [-0.39, 0.29) is 24.8 Å². The third-order valence-electron chi connectivity index (χ3n) is 5.11. The Morgan fingerprint density at radius 1 is 1.31 bits per heavy atom. The lowest BCUT2D eigenvalue weighted by Crippen LogP contribution is -2.58. The van der Waals surface area contributed by atoms with E-state index < -0.39 is 17.7 Å². The molecule has 1 aromatic carbocycles. The van der Waals surface area contributed by atoms with E-state index in [1.54, 1.807) is 24.8 Å². The maximum atomic E-state index is 12.5. The summed E-state index contributed by atoms with van der Waals surface area (Å²) >= 11 is 0. The van der Waals surface area contributed by atoms with E-state index in [0.29, 0.717) is 24.9 Å². The van der Waals surface area contributed by atoms with Crippen LogP contribution in [-0.4, -0.2) is 47.5 Å². The van der Waals surface area contributed by atoms with Crippen molar-refractivity contribution in [1.82, 2.24) is 10.2 Å².